The lowest BCUT2D eigenvalue weighted by molar-refractivity contribution is 0.615. The van der Waals surface area contributed by atoms with Gasteiger partial charge in [0.1, 0.15) is 5.84 Å². The standard InChI is InChI=1S/C25H26ClN5O/c26-21-3-1-2-16(8-21)14-31-15-18(4-5-23(31)32)19-9-20-13-30-25(27)24(20)22(10-19)29-12-17-6-7-28-11-17/h1-5,8-10,15,17,28-29H,6-7,11-14H2,(H2,27,30). The number of rotatable bonds is 6. The number of aromatic nitrogens is 1. The number of benzene rings is 2. The van der Waals surface area contributed by atoms with Crippen molar-refractivity contribution < 1.29 is 0 Å². The second-order valence-electron chi connectivity index (χ2n) is 8.51. The van der Waals surface area contributed by atoms with Gasteiger partial charge in [-0.05, 0) is 78.0 Å². The molecule has 1 fully saturated rings. The van der Waals surface area contributed by atoms with Gasteiger partial charge in [-0.15, -0.1) is 0 Å². The van der Waals surface area contributed by atoms with Crippen LogP contribution >= 0.6 is 11.6 Å². The van der Waals surface area contributed by atoms with Gasteiger partial charge in [-0.2, -0.15) is 0 Å². The van der Waals surface area contributed by atoms with E-state index in [1.165, 1.54) is 6.42 Å². The maximum absolute atomic E-state index is 12.5. The molecule has 6 nitrogen and oxygen atoms in total. The molecule has 1 aromatic heterocycles. The molecule has 1 saturated heterocycles. The molecule has 0 spiro atoms. The Hall–Kier alpha value is -3.09. The molecule has 7 heteroatoms. The number of pyridine rings is 1. The van der Waals surface area contributed by atoms with Gasteiger partial charge < -0.3 is 20.9 Å². The lowest BCUT2D eigenvalue weighted by Crippen LogP contribution is -2.20. The first kappa shape index (κ1) is 20.8. The summed E-state index contributed by atoms with van der Waals surface area (Å²) >= 11 is 6.12. The van der Waals surface area contributed by atoms with Crippen LogP contribution in [0.25, 0.3) is 11.1 Å². The smallest absolute Gasteiger partial charge is 0.250 e. The summed E-state index contributed by atoms with van der Waals surface area (Å²) in [7, 11) is 0. The molecule has 5 rings (SSSR count). The van der Waals surface area contributed by atoms with Gasteiger partial charge in [-0.25, -0.2) is 0 Å². The lowest BCUT2D eigenvalue weighted by Gasteiger charge is -2.17. The summed E-state index contributed by atoms with van der Waals surface area (Å²) in [6.45, 7) is 4.05. The highest BCUT2D eigenvalue weighted by Gasteiger charge is 2.21. The van der Waals surface area contributed by atoms with Crippen LogP contribution < -0.4 is 21.9 Å². The Morgan fingerprint density at radius 1 is 1.19 bits per heavy atom. The van der Waals surface area contributed by atoms with Gasteiger partial charge in [0.2, 0.25) is 0 Å². The molecule has 0 radical (unpaired) electrons. The van der Waals surface area contributed by atoms with Gasteiger partial charge in [0.05, 0.1) is 13.1 Å². The fraction of sp³-hybridized carbons (Fsp3) is 0.280. The highest BCUT2D eigenvalue weighted by Crippen LogP contribution is 2.32. The summed E-state index contributed by atoms with van der Waals surface area (Å²) in [5.74, 6) is 1.19. The molecule has 32 heavy (non-hydrogen) atoms. The second kappa shape index (κ2) is 8.81. The number of hydrogen-bond donors (Lipinski definition) is 3. The van der Waals surface area contributed by atoms with Crippen molar-refractivity contribution in [1.29, 1.82) is 0 Å². The Bertz CT molecular complexity index is 1240. The van der Waals surface area contributed by atoms with E-state index < -0.39 is 0 Å². The minimum Gasteiger partial charge on any atom is -0.384 e. The van der Waals surface area contributed by atoms with E-state index in [4.69, 9.17) is 17.3 Å². The van der Waals surface area contributed by atoms with Crippen LogP contribution in [0.2, 0.25) is 5.02 Å². The van der Waals surface area contributed by atoms with Crippen LogP contribution in [0, 0.1) is 5.92 Å². The van der Waals surface area contributed by atoms with E-state index in [0.717, 1.165) is 53.1 Å². The summed E-state index contributed by atoms with van der Waals surface area (Å²) in [6, 6.07) is 15.3. The van der Waals surface area contributed by atoms with Crippen molar-refractivity contribution in [2.24, 2.45) is 16.6 Å². The molecule has 3 heterocycles. The number of anilines is 1. The van der Waals surface area contributed by atoms with Crippen molar-refractivity contribution in [2.45, 2.75) is 19.5 Å². The first-order valence-corrected chi connectivity index (χ1v) is 11.3. The molecule has 164 valence electrons. The van der Waals surface area contributed by atoms with Crippen LogP contribution in [0.4, 0.5) is 5.69 Å². The summed E-state index contributed by atoms with van der Waals surface area (Å²) in [5, 5.41) is 7.69. The first-order chi connectivity index (χ1) is 15.6. The highest BCUT2D eigenvalue weighted by molar-refractivity contribution is 6.30. The monoisotopic (exact) mass is 447 g/mol. The lowest BCUT2D eigenvalue weighted by atomic mass is 9.98. The number of amidine groups is 1. The van der Waals surface area contributed by atoms with Gasteiger partial charge in [-0.3, -0.25) is 9.79 Å². The average molecular weight is 448 g/mol. The number of nitrogens with zero attached hydrogens (tertiary/aromatic N) is 2. The van der Waals surface area contributed by atoms with Crippen molar-refractivity contribution in [3.05, 3.63) is 86.8 Å². The summed E-state index contributed by atoms with van der Waals surface area (Å²) in [5.41, 5.74) is 12.3. The maximum atomic E-state index is 12.5. The van der Waals surface area contributed by atoms with Crippen LogP contribution in [0.15, 0.2) is 64.5 Å². The molecule has 0 aliphatic carbocycles. The quantitative estimate of drug-likeness (QED) is 0.540. The predicted octanol–water partition coefficient (Wildman–Crippen LogP) is 3.46. The van der Waals surface area contributed by atoms with Crippen LogP contribution in [0.3, 0.4) is 0 Å². The molecule has 1 atom stereocenters. The topological polar surface area (TPSA) is 84.4 Å². The number of nitrogens with one attached hydrogen (secondary N) is 2. The fourth-order valence-corrected chi connectivity index (χ4v) is 4.70. The Kier molecular flexibility index (Phi) is 5.72. The van der Waals surface area contributed by atoms with Crippen molar-refractivity contribution in [3.8, 4) is 11.1 Å². The Balaban J connectivity index is 1.48. The van der Waals surface area contributed by atoms with E-state index in [9.17, 15) is 4.79 Å². The van der Waals surface area contributed by atoms with Crippen LogP contribution in [0.5, 0.6) is 0 Å². The zero-order valence-electron chi connectivity index (χ0n) is 17.8. The summed E-state index contributed by atoms with van der Waals surface area (Å²) in [6.07, 6.45) is 3.09. The molecule has 3 aromatic rings. The zero-order chi connectivity index (χ0) is 22.1. The van der Waals surface area contributed by atoms with E-state index >= 15 is 0 Å². The molecular formula is C25H26ClN5O. The van der Waals surface area contributed by atoms with Crippen LogP contribution in [-0.2, 0) is 13.1 Å². The molecule has 0 bridgehead atoms. The predicted molar refractivity (Wildman–Crippen MR) is 131 cm³/mol. The molecular weight excluding hydrogens is 422 g/mol. The summed E-state index contributed by atoms with van der Waals surface area (Å²) in [4.78, 5) is 17.0. The molecule has 2 aromatic carbocycles. The van der Waals surface area contributed by atoms with Gasteiger partial charge >= 0.3 is 0 Å². The first-order valence-electron chi connectivity index (χ1n) is 10.9. The number of halogens is 1. The fourth-order valence-electron chi connectivity index (χ4n) is 4.49. The molecule has 4 N–H and O–H groups in total. The van der Waals surface area contributed by atoms with Gasteiger partial charge in [0.25, 0.3) is 5.56 Å². The van der Waals surface area contributed by atoms with Crippen LogP contribution in [0.1, 0.15) is 23.1 Å². The van der Waals surface area contributed by atoms with E-state index in [2.05, 4.69) is 27.8 Å². The molecule has 0 amide bonds. The van der Waals surface area contributed by atoms with Crippen molar-refractivity contribution in [3.63, 3.8) is 0 Å². The van der Waals surface area contributed by atoms with Gasteiger partial charge in [0, 0.05) is 35.1 Å². The normalized spacial score (nSPS) is 17.3. The minimum atomic E-state index is -0.0467. The summed E-state index contributed by atoms with van der Waals surface area (Å²) < 4.78 is 1.72. The third kappa shape index (κ3) is 4.29. The Morgan fingerprint density at radius 3 is 2.91 bits per heavy atom. The minimum absolute atomic E-state index is 0.0467. The molecule has 0 saturated carbocycles. The third-order valence-corrected chi connectivity index (χ3v) is 6.43. The molecule has 1 unspecified atom stereocenters. The van der Waals surface area contributed by atoms with Crippen LogP contribution in [-0.4, -0.2) is 30.0 Å². The molecule has 2 aliphatic heterocycles. The Labute approximate surface area is 192 Å². The number of nitrogens with two attached hydrogens (primary N) is 1. The third-order valence-electron chi connectivity index (χ3n) is 6.20. The van der Waals surface area contributed by atoms with Gasteiger partial charge in [0.15, 0.2) is 0 Å². The zero-order valence-corrected chi connectivity index (χ0v) is 18.5. The Morgan fingerprint density at radius 2 is 2.09 bits per heavy atom. The maximum Gasteiger partial charge on any atom is 0.250 e. The SMILES string of the molecule is NC1=NCc2cc(-c3ccc(=O)n(Cc4cccc(Cl)c4)c3)cc(NCC3CCNC3)c21. The number of aliphatic imine (C=N–C) groups is 1. The van der Waals surface area contributed by atoms with Crippen molar-refractivity contribution in [1.82, 2.24) is 9.88 Å². The van der Waals surface area contributed by atoms with E-state index in [0.29, 0.717) is 29.9 Å². The largest absolute Gasteiger partial charge is 0.384 e. The number of hydrogen-bond acceptors (Lipinski definition) is 5. The van der Waals surface area contributed by atoms with Crippen molar-refractivity contribution >= 4 is 23.1 Å². The van der Waals surface area contributed by atoms with E-state index in [1.54, 1.807) is 10.6 Å². The highest BCUT2D eigenvalue weighted by atomic mass is 35.5. The van der Waals surface area contributed by atoms with E-state index in [-0.39, 0.29) is 5.56 Å². The average Bonchev–Trinajstić information content (AvgIpc) is 3.44. The van der Waals surface area contributed by atoms with Gasteiger partial charge in [-0.1, -0.05) is 23.7 Å². The number of fused-ring (bicyclic) bond motifs is 1. The van der Waals surface area contributed by atoms with E-state index in [1.807, 2.05) is 36.5 Å². The molecule has 2 aliphatic rings. The van der Waals surface area contributed by atoms with Crippen molar-refractivity contribution in [2.75, 3.05) is 25.0 Å². The second-order valence-corrected chi connectivity index (χ2v) is 8.95.